The van der Waals surface area contributed by atoms with Gasteiger partial charge in [0, 0.05) is 51.9 Å². The average Bonchev–Trinajstić information content (AvgIpc) is 2.64. The Labute approximate surface area is 156 Å². The fourth-order valence-corrected chi connectivity index (χ4v) is 4.00. The summed E-state index contributed by atoms with van der Waals surface area (Å²) in [5, 5.41) is 3.13. The molecular formula is C20H31N3O3. The Balaban J connectivity index is 1.54. The first-order valence-corrected chi connectivity index (χ1v) is 9.47. The van der Waals surface area contributed by atoms with E-state index in [9.17, 15) is 4.79 Å². The Bertz CT molecular complexity index is 612. The van der Waals surface area contributed by atoms with Gasteiger partial charge in [-0.2, -0.15) is 0 Å². The van der Waals surface area contributed by atoms with E-state index in [1.807, 2.05) is 12.1 Å². The molecule has 1 N–H and O–H groups in total. The summed E-state index contributed by atoms with van der Waals surface area (Å²) in [6, 6.07) is 8.41. The average molecular weight is 361 g/mol. The number of methoxy groups -OCH3 is 1. The number of hydrogen-bond donors (Lipinski definition) is 1. The third-order valence-electron chi connectivity index (χ3n) is 5.58. The first-order chi connectivity index (χ1) is 12.5. The van der Waals surface area contributed by atoms with Crippen molar-refractivity contribution < 1.29 is 14.3 Å². The van der Waals surface area contributed by atoms with E-state index < -0.39 is 0 Å². The van der Waals surface area contributed by atoms with Gasteiger partial charge in [-0.3, -0.25) is 4.90 Å². The molecule has 6 nitrogen and oxygen atoms in total. The van der Waals surface area contributed by atoms with Gasteiger partial charge in [0.2, 0.25) is 0 Å². The maximum absolute atomic E-state index is 12.0. The Kier molecular flexibility index (Phi) is 6.04. The van der Waals surface area contributed by atoms with Crippen molar-refractivity contribution in [2.45, 2.75) is 43.9 Å². The van der Waals surface area contributed by atoms with E-state index in [-0.39, 0.29) is 17.7 Å². The summed E-state index contributed by atoms with van der Waals surface area (Å²) in [4.78, 5) is 16.0. The van der Waals surface area contributed by atoms with Gasteiger partial charge >= 0.3 is 6.03 Å². The number of likely N-dealkylation sites (tertiary alicyclic amines) is 1. The zero-order valence-corrected chi connectivity index (χ0v) is 16.2. The van der Waals surface area contributed by atoms with E-state index in [2.05, 4.69) is 22.3 Å². The van der Waals surface area contributed by atoms with Crippen LogP contribution in [0.15, 0.2) is 24.3 Å². The van der Waals surface area contributed by atoms with Crippen LogP contribution in [0.5, 0.6) is 5.75 Å². The van der Waals surface area contributed by atoms with Gasteiger partial charge in [-0.25, -0.2) is 4.79 Å². The fourth-order valence-electron chi connectivity index (χ4n) is 4.00. The number of carbonyl (C=O) groups is 1. The van der Waals surface area contributed by atoms with Crippen LogP contribution in [0, 0.1) is 0 Å². The number of nitrogens with one attached hydrogen (secondary N) is 1. The van der Waals surface area contributed by atoms with Crippen LogP contribution in [0.2, 0.25) is 0 Å². The van der Waals surface area contributed by atoms with E-state index in [4.69, 9.17) is 9.47 Å². The standard InChI is InChI=1S/C20H31N3O3/c1-22(2)19(24)21-17-8-13-26-20(14-17)9-11-23(12-10-20)15-16-6-4-5-7-18(16)25-3/h4-7,17H,8-15H2,1-3H3,(H,21,24). The summed E-state index contributed by atoms with van der Waals surface area (Å²) >= 11 is 0. The van der Waals surface area contributed by atoms with Gasteiger partial charge in [0.25, 0.3) is 0 Å². The molecule has 2 aliphatic rings. The molecule has 2 fully saturated rings. The minimum absolute atomic E-state index is 0.0133. The number of rotatable bonds is 4. The molecule has 2 heterocycles. The molecule has 1 spiro atoms. The van der Waals surface area contributed by atoms with Crippen LogP contribution in [0.3, 0.4) is 0 Å². The minimum Gasteiger partial charge on any atom is -0.496 e. The summed E-state index contributed by atoms with van der Waals surface area (Å²) in [6.45, 7) is 3.64. The Morgan fingerprint density at radius 3 is 2.77 bits per heavy atom. The molecule has 1 aromatic carbocycles. The molecule has 1 aromatic rings. The molecule has 6 heteroatoms. The van der Waals surface area contributed by atoms with Crippen molar-refractivity contribution in [2.24, 2.45) is 0 Å². The fraction of sp³-hybridized carbons (Fsp3) is 0.650. The number of amides is 2. The van der Waals surface area contributed by atoms with Gasteiger partial charge in [0.1, 0.15) is 5.75 Å². The maximum Gasteiger partial charge on any atom is 0.317 e. The van der Waals surface area contributed by atoms with Crippen molar-refractivity contribution in [1.82, 2.24) is 15.1 Å². The molecule has 0 aromatic heterocycles. The highest BCUT2D eigenvalue weighted by molar-refractivity contribution is 5.73. The number of carbonyl (C=O) groups excluding carboxylic acids is 1. The second-order valence-electron chi connectivity index (χ2n) is 7.65. The SMILES string of the molecule is COc1ccccc1CN1CCC2(CC1)CC(NC(=O)N(C)C)CCO2. The van der Waals surface area contributed by atoms with Crippen molar-refractivity contribution in [3.05, 3.63) is 29.8 Å². The summed E-state index contributed by atoms with van der Waals surface area (Å²) in [6.07, 6.45) is 3.83. The Morgan fingerprint density at radius 1 is 1.35 bits per heavy atom. The predicted molar refractivity (Wildman–Crippen MR) is 101 cm³/mol. The van der Waals surface area contributed by atoms with Gasteiger partial charge in [0.05, 0.1) is 12.7 Å². The highest BCUT2D eigenvalue weighted by Gasteiger charge is 2.40. The molecule has 1 unspecified atom stereocenters. The summed E-state index contributed by atoms with van der Waals surface area (Å²) in [5.41, 5.74) is 1.14. The molecule has 0 radical (unpaired) electrons. The monoisotopic (exact) mass is 361 g/mol. The Morgan fingerprint density at radius 2 is 2.08 bits per heavy atom. The van der Waals surface area contributed by atoms with Crippen molar-refractivity contribution in [3.8, 4) is 5.75 Å². The molecule has 26 heavy (non-hydrogen) atoms. The lowest BCUT2D eigenvalue weighted by Gasteiger charge is -2.46. The molecule has 0 saturated carbocycles. The number of urea groups is 1. The van der Waals surface area contributed by atoms with Crippen LogP contribution < -0.4 is 10.1 Å². The summed E-state index contributed by atoms with van der Waals surface area (Å²) < 4.78 is 11.7. The Hall–Kier alpha value is -1.79. The summed E-state index contributed by atoms with van der Waals surface area (Å²) in [7, 11) is 5.28. The van der Waals surface area contributed by atoms with Gasteiger partial charge in [-0.1, -0.05) is 18.2 Å². The molecule has 144 valence electrons. The third-order valence-corrected chi connectivity index (χ3v) is 5.58. The molecule has 2 amide bonds. The lowest BCUT2D eigenvalue weighted by molar-refractivity contribution is -0.119. The van der Waals surface area contributed by atoms with Gasteiger partial charge in [-0.05, 0) is 31.7 Å². The predicted octanol–water partition coefficient (Wildman–Crippen LogP) is 2.48. The second kappa shape index (κ2) is 8.27. The van der Waals surface area contributed by atoms with Gasteiger partial charge in [0.15, 0.2) is 0 Å². The molecule has 0 bridgehead atoms. The van der Waals surface area contributed by atoms with Crippen LogP contribution in [0.25, 0.3) is 0 Å². The molecule has 1 atom stereocenters. The highest BCUT2D eigenvalue weighted by Crippen LogP contribution is 2.36. The number of hydrogen-bond acceptors (Lipinski definition) is 4. The normalized spacial score (nSPS) is 22.8. The van der Waals surface area contributed by atoms with E-state index in [0.29, 0.717) is 0 Å². The van der Waals surface area contributed by atoms with E-state index in [1.54, 1.807) is 26.1 Å². The third kappa shape index (κ3) is 4.48. The van der Waals surface area contributed by atoms with Crippen molar-refractivity contribution in [3.63, 3.8) is 0 Å². The van der Waals surface area contributed by atoms with Crippen molar-refractivity contribution in [1.29, 1.82) is 0 Å². The van der Waals surface area contributed by atoms with E-state index >= 15 is 0 Å². The molecular weight excluding hydrogens is 330 g/mol. The van der Waals surface area contributed by atoms with Crippen LogP contribution in [0.1, 0.15) is 31.2 Å². The molecule has 0 aliphatic carbocycles. The maximum atomic E-state index is 12.0. The zero-order chi connectivity index (χ0) is 18.6. The topological polar surface area (TPSA) is 54.0 Å². The first-order valence-electron chi connectivity index (χ1n) is 9.47. The van der Waals surface area contributed by atoms with Crippen molar-refractivity contribution in [2.75, 3.05) is 40.9 Å². The largest absolute Gasteiger partial charge is 0.496 e. The van der Waals surface area contributed by atoms with E-state index in [1.165, 1.54) is 5.56 Å². The van der Waals surface area contributed by atoms with Gasteiger partial charge in [-0.15, -0.1) is 0 Å². The number of piperidine rings is 1. The van der Waals surface area contributed by atoms with Crippen LogP contribution >= 0.6 is 0 Å². The van der Waals surface area contributed by atoms with Crippen LogP contribution in [0.4, 0.5) is 4.79 Å². The number of ether oxygens (including phenoxy) is 2. The molecule has 2 aliphatic heterocycles. The number of para-hydroxylation sites is 1. The first kappa shape index (κ1) is 19.0. The lowest BCUT2D eigenvalue weighted by Crippen LogP contribution is -2.54. The smallest absolute Gasteiger partial charge is 0.317 e. The highest BCUT2D eigenvalue weighted by atomic mass is 16.5. The van der Waals surface area contributed by atoms with Gasteiger partial charge < -0.3 is 19.7 Å². The molecule has 2 saturated heterocycles. The minimum atomic E-state index is -0.0835. The van der Waals surface area contributed by atoms with E-state index in [0.717, 1.165) is 57.7 Å². The zero-order valence-electron chi connectivity index (χ0n) is 16.2. The summed E-state index contributed by atoms with van der Waals surface area (Å²) in [5.74, 6) is 0.952. The molecule has 3 rings (SSSR count). The number of benzene rings is 1. The second-order valence-corrected chi connectivity index (χ2v) is 7.65. The van der Waals surface area contributed by atoms with Crippen LogP contribution in [-0.2, 0) is 11.3 Å². The van der Waals surface area contributed by atoms with Crippen LogP contribution in [-0.4, -0.2) is 68.4 Å². The lowest BCUT2D eigenvalue weighted by atomic mass is 9.82. The number of nitrogens with zero attached hydrogens (tertiary/aromatic N) is 2. The quantitative estimate of drug-likeness (QED) is 0.895. The van der Waals surface area contributed by atoms with Crippen molar-refractivity contribution >= 4 is 6.03 Å².